The van der Waals surface area contributed by atoms with E-state index in [1.165, 1.54) is 30.3 Å². The Morgan fingerprint density at radius 3 is 2.25 bits per heavy atom. The molecule has 0 saturated heterocycles. The zero-order valence-electron chi connectivity index (χ0n) is 12.9. The number of carbonyl (C=O) groups excluding carboxylic acids is 3. The summed E-state index contributed by atoms with van der Waals surface area (Å²) in [6.07, 6.45) is -1.79. The fourth-order valence-corrected chi connectivity index (χ4v) is 1.98. The van der Waals surface area contributed by atoms with E-state index >= 15 is 0 Å². The molecular weight excluding hydrogens is 315 g/mol. The van der Waals surface area contributed by atoms with E-state index in [-0.39, 0.29) is 17.7 Å². The molecule has 0 saturated carbocycles. The van der Waals surface area contributed by atoms with Crippen molar-refractivity contribution in [2.45, 2.75) is 13.0 Å². The first kappa shape index (κ1) is 17.3. The smallest absolute Gasteiger partial charge is 0.355 e. The molecule has 0 radical (unpaired) electrons. The number of esters is 2. The Morgan fingerprint density at radius 1 is 1.00 bits per heavy atom. The molecule has 2 aromatic rings. The van der Waals surface area contributed by atoms with Crippen LogP contribution in [0, 0.1) is 5.82 Å². The summed E-state index contributed by atoms with van der Waals surface area (Å²) in [5.41, 5.74) is -0.190. The molecule has 6 heteroatoms. The molecule has 0 spiro atoms. The predicted molar refractivity (Wildman–Crippen MR) is 83.0 cm³/mol. The number of ether oxygens (including phenoxy) is 2. The molecule has 0 fully saturated rings. The second kappa shape index (κ2) is 8.01. The lowest BCUT2D eigenvalue weighted by Gasteiger charge is -2.15. The lowest BCUT2D eigenvalue weighted by Crippen LogP contribution is -2.37. The van der Waals surface area contributed by atoms with Crippen molar-refractivity contribution >= 4 is 17.7 Å². The third-order valence-electron chi connectivity index (χ3n) is 3.12. The van der Waals surface area contributed by atoms with Gasteiger partial charge in [0.1, 0.15) is 5.82 Å². The topological polar surface area (TPSA) is 69.7 Å². The molecule has 0 amide bonds. The van der Waals surface area contributed by atoms with Crippen LogP contribution in [0.3, 0.4) is 0 Å². The average molecular weight is 330 g/mol. The maximum Gasteiger partial charge on any atom is 0.355 e. The highest BCUT2D eigenvalue weighted by molar-refractivity contribution is 6.12. The molecule has 0 N–H and O–H groups in total. The van der Waals surface area contributed by atoms with Gasteiger partial charge in [-0.1, -0.05) is 42.5 Å². The molecule has 0 aliphatic heterocycles. The van der Waals surface area contributed by atoms with Gasteiger partial charge in [-0.3, -0.25) is 4.79 Å². The van der Waals surface area contributed by atoms with Gasteiger partial charge in [-0.2, -0.15) is 0 Å². The van der Waals surface area contributed by atoms with E-state index in [9.17, 15) is 18.8 Å². The summed E-state index contributed by atoms with van der Waals surface area (Å²) < 4.78 is 23.4. The molecule has 0 aliphatic carbocycles. The molecule has 2 rings (SSSR count). The van der Waals surface area contributed by atoms with E-state index in [1.807, 2.05) is 0 Å². The highest BCUT2D eigenvalue weighted by Gasteiger charge is 2.33. The second-order valence-electron chi connectivity index (χ2n) is 4.75. The Labute approximate surface area is 138 Å². The summed E-state index contributed by atoms with van der Waals surface area (Å²) in [7, 11) is 0. The van der Waals surface area contributed by atoms with Gasteiger partial charge in [0.2, 0.25) is 5.78 Å². The van der Waals surface area contributed by atoms with Gasteiger partial charge < -0.3 is 9.47 Å². The van der Waals surface area contributed by atoms with Gasteiger partial charge in [0.05, 0.1) is 12.2 Å². The first-order chi connectivity index (χ1) is 11.5. The first-order valence-corrected chi connectivity index (χ1v) is 7.26. The van der Waals surface area contributed by atoms with Crippen LogP contribution in [-0.2, 0) is 14.3 Å². The van der Waals surface area contributed by atoms with Gasteiger partial charge in [0.15, 0.2) is 0 Å². The third kappa shape index (κ3) is 4.04. The van der Waals surface area contributed by atoms with Crippen molar-refractivity contribution in [2.75, 3.05) is 6.61 Å². The van der Waals surface area contributed by atoms with E-state index < -0.39 is 29.6 Å². The summed E-state index contributed by atoms with van der Waals surface area (Å²) in [4.78, 5) is 36.5. The molecule has 0 bridgehead atoms. The summed E-state index contributed by atoms with van der Waals surface area (Å²) >= 11 is 0. The molecule has 5 nitrogen and oxygen atoms in total. The number of halogens is 1. The number of carbonyl (C=O) groups is 3. The molecule has 0 heterocycles. The van der Waals surface area contributed by atoms with Gasteiger partial charge in [-0.05, 0) is 19.1 Å². The SMILES string of the molecule is CCOC(=O)C(OC(=O)c1ccccc1F)C(=O)c1ccccc1. The summed E-state index contributed by atoms with van der Waals surface area (Å²) in [5.74, 6) is -3.66. The van der Waals surface area contributed by atoms with Crippen LogP contribution < -0.4 is 0 Å². The number of hydrogen-bond donors (Lipinski definition) is 0. The number of benzene rings is 2. The number of Topliss-reactive ketones (excluding diaryl/α,β-unsaturated/α-hetero) is 1. The van der Waals surface area contributed by atoms with Crippen molar-refractivity contribution in [1.29, 1.82) is 0 Å². The summed E-state index contributed by atoms with van der Waals surface area (Å²) in [5, 5.41) is 0. The van der Waals surface area contributed by atoms with Crippen LogP contribution in [-0.4, -0.2) is 30.4 Å². The normalized spacial score (nSPS) is 11.4. The summed E-state index contributed by atoms with van der Waals surface area (Å²) in [6.45, 7) is 1.56. The molecule has 2 aromatic carbocycles. The van der Waals surface area contributed by atoms with Crippen molar-refractivity contribution < 1.29 is 28.2 Å². The maximum absolute atomic E-state index is 13.7. The minimum Gasteiger partial charge on any atom is -0.463 e. The fourth-order valence-electron chi connectivity index (χ4n) is 1.98. The molecule has 124 valence electrons. The van der Waals surface area contributed by atoms with E-state index in [0.717, 1.165) is 6.07 Å². The quantitative estimate of drug-likeness (QED) is 0.463. The average Bonchev–Trinajstić information content (AvgIpc) is 2.60. The lowest BCUT2D eigenvalue weighted by molar-refractivity contribution is -0.150. The molecule has 1 unspecified atom stereocenters. The molecule has 0 aromatic heterocycles. The van der Waals surface area contributed by atoms with E-state index in [2.05, 4.69) is 0 Å². The van der Waals surface area contributed by atoms with Crippen molar-refractivity contribution in [3.63, 3.8) is 0 Å². The van der Waals surface area contributed by atoms with Crippen molar-refractivity contribution in [2.24, 2.45) is 0 Å². The van der Waals surface area contributed by atoms with Crippen LogP contribution in [0.25, 0.3) is 0 Å². The molecule has 0 aliphatic rings. The van der Waals surface area contributed by atoms with E-state index in [4.69, 9.17) is 9.47 Å². The number of hydrogen-bond acceptors (Lipinski definition) is 5. The molecule has 24 heavy (non-hydrogen) atoms. The lowest BCUT2D eigenvalue weighted by atomic mass is 10.1. The van der Waals surface area contributed by atoms with Crippen LogP contribution in [0.1, 0.15) is 27.6 Å². The van der Waals surface area contributed by atoms with Crippen LogP contribution in [0.2, 0.25) is 0 Å². The van der Waals surface area contributed by atoms with Crippen LogP contribution >= 0.6 is 0 Å². The van der Waals surface area contributed by atoms with Gasteiger partial charge in [-0.25, -0.2) is 14.0 Å². The Kier molecular flexibility index (Phi) is 5.78. The van der Waals surface area contributed by atoms with E-state index in [1.54, 1.807) is 25.1 Å². The zero-order valence-corrected chi connectivity index (χ0v) is 12.9. The zero-order chi connectivity index (χ0) is 17.5. The second-order valence-corrected chi connectivity index (χ2v) is 4.75. The summed E-state index contributed by atoms with van der Waals surface area (Å²) in [6, 6.07) is 13.0. The van der Waals surface area contributed by atoms with Gasteiger partial charge in [-0.15, -0.1) is 0 Å². The Bertz CT molecular complexity index is 742. The van der Waals surface area contributed by atoms with Gasteiger partial charge >= 0.3 is 11.9 Å². The van der Waals surface area contributed by atoms with E-state index in [0.29, 0.717) is 0 Å². The molecule has 1 atom stereocenters. The Hall–Kier alpha value is -3.02. The van der Waals surface area contributed by atoms with Crippen molar-refractivity contribution in [3.05, 3.63) is 71.5 Å². The standard InChI is InChI=1S/C18H15FO5/c1-2-23-18(22)16(15(20)12-8-4-3-5-9-12)24-17(21)13-10-6-7-11-14(13)19/h3-11,16H,2H2,1H3. The van der Waals surface area contributed by atoms with Gasteiger partial charge in [0, 0.05) is 5.56 Å². The maximum atomic E-state index is 13.7. The predicted octanol–water partition coefficient (Wildman–Crippen LogP) is 2.80. The van der Waals surface area contributed by atoms with Crippen LogP contribution in [0.15, 0.2) is 54.6 Å². The third-order valence-corrected chi connectivity index (χ3v) is 3.12. The highest BCUT2D eigenvalue weighted by Crippen LogP contribution is 2.13. The monoisotopic (exact) mass is 330 g/mol. The van der Waals surface area contributed by atoms with Crippen LogP contribution in [0.5, 0.6) is 0 Å². The van der Waals surface area contributed by atoms with Gasteiger partial charge in [0.25, 0.3) is 6.10 Å². The minimum absolute atomic E-state index is 0.00858. The Balaban J connectivity index is 2.27. The highest BCUT2D eigenvalue weighted by atomic mass is 19.1. The van der Waals surface area contributed by atoms with Crippen molar-refractivity contribution in [3.8, 4) is 0 Å². The fraction of sp³-hybridized carbons (Fsp3) is 0.167. The minimum atomic E-state index is -1.79. The first-order valence-electron chi connectivity index (χ1n) is 7.26. The Morgan fingerprint density at radius 2 is 1.62 bits per heavy atom. The van der Waals surface area contributed by atoms with Crippen LogP contribution in [0.4, 0.5) is 4.39 Å². The van der Waals surface area contributed by atoms with Crippen molar-refractivity contribution in [1.82, 2.24) is 0 Å². The molecular formula is C18H15FO5. The number of ketones is 1. The number of rotatable bonds is 6. The largest absolute Gasteiger partial charge is 0.463 e.